The Morgan fingerprint density at radius 3 is 1.90 bits per heavy atom. The first-order valence-electron chi connectivity index (χ1n) is 9.92. The Balaban J connectivity index is 2.01. The van der Waals surface area contributed by atoms with E-state index < -0.39 is 6.09 Å². The lowest BCUT2D eigenvalue weighted by Gasteiger charge is -2.23. The van der Waals surface area contributed by atoms with Crippen molar-refractivity contribution >= 4 is 6.09 Å². The fourth-order valence-electron chi connectivity index (χ4n) is 2.80. The summed E-state index contributed by atoms with van der Waals surface area (Å²) in [4.78, 5) is 16.5. The minimum atomic E-state index is -0.392. The van der Waals surface area contributed by atoms with Gasteiger partial charge >= 0.3 is 6.09 Å². The van der Waals surface area contributed by atoms with Crippen LogP contribution in [0.25, 0.3) is 0 Å². The number of benzene rings is 2. The van der Waals surface area contributed by atoms with Gasteiger partial charge in [0.2, 0.25) is 0 Å². The van der Waals surface area contributed by atoms with Gasteiger partial charge in [-0.3, -0.25) is 4.90 Å². The lowest BCUT2D eigenvalue weighted by molar-refractivity contribution is 0.0480. The van der Waals surface area contributed by atoms with Gasteiger partial charge in [0.05, 0.1) is 27.4 Å². The minimum Gasteiger partial charge on any atom is -0.497 e. The van der Waals surface area contributed by atoms with Gasteiger partial charge in [0.15, 0.2) is 0 Å². The zero-order valence-corrected chi connectivity index (χ0v) is 18.3. The fourth-order valence-corrected chi connectivity index (χ4v) is 2.80. The summed E-state index contributed by atoms with van der Waals surface area (Å²) in [5, 5.41) is 0. The third-order valence-electron chi connectivity index (χ3n) is 4.41. The smallest absolute Gasteiger partial charge is 0.410 e. The molecule has 0 aliphatic heterocycles. The standard InChI is InChI=1S/C23H32N2O5/c1-24(2)11-12-29-13-14-30-23(26)25(17-19-7-5-9-21(15-19)27-3)18-20-8-6-10-22(16-20)28-4/h5-10,15-16H,11-14,17-18H2,1-4H3. The lowest BCUT2D eigenvalue weighted by Crippen LogP contribution is -2.31. The van der Waals surface area contributed by atoms with Crippen LogP contribution in [0.4, 0.5) is 4.79 Å². The van der Waals surface area contributed by atoms with Crippen LogP contribution in [0, 0.1) is 0 Å². The molecule has 0 aromatic heterocycles. The summed E-state index contributed by atoms with van der Waals surface area (Å²) >= 11 is 0. The van der Waals surface area contributed by atoms with Gasteiger partial charge < -0.3 is 23.8 Å². The van der Waals surface area contributed by atoms with Crippen molar-refractivity contribution in [1.29, 1.82) is 0 Å². The average molecular weight is 417 g/mol. The number of ether oxygens (including phenoxy) is 4. The average Bonchev–Trinajstić information content (AvgIpc) is 2.75. The molecule has 2 rings (SSSR count). The topological polar surface area (TPSA) is 60.5 Å². The number of rotatable bonds is 12. The van der Waals surface area contributed by atoms with Crippen molar-refractivity contribution < 1.29 is 23.7 Å². The number of nitrogens with zero attached hydrogens (tertiary/aromatic N) is 2. The van der Waals surface area contributed by atoms with Gasteiger partial charge in [0.25, 0.3) is 0 Å². The van der Waals surface area contributed by atoms with Gasteiger partial charge in [-0.15, -0.1) is 0 Å². The summed E-state index contributed by atoms with van der Waals surface area (Å²) < 4.78 is 21.5. The molecular weight excluding hydrogens is 384 g/mol. The highest BCUT2D eigenvalue weighted by Gasteiger charge is 2.17. The van der Waals surface area contributed by atoms with E-state index >= 15 is 0 Å². The molecule has 0 heterocycles. The van der Waals surface area contributed by atoms with E-state index in [-0.39, 0.29) is 6.61 Å². The number of likely N-dealkylation sites (N-methyl/N-ethyl adjacent to an activating group) is 1. The van der Waals surface area contributed by atoms with E-state index in [1.54, 1.807) is 19.1 Å². The molecule has 0 bridgehead atoms. The van der Waals surface area contributed by atoms with E-state index in [4.69, 9.17) is 18.9 Å². The SMILES string of the molecule is COc1cccc(CN(Cc2cccc(OC)c2)C(=O)OCCOCCN(C)C)c1. The van der Waals surface area contributed by atoms with E-state index in [1.807, 2.05) is 67.5 Å². The van der Waals surface area contributed by atoms with E-state index in [1.165, 1.54) is 0 Å². The normalized spacial score (nSPS) is 10.7. The monoisotopic (exact) mass is 416 g/mol. The predicted octanol–water partition coefficient (Wildman–Crippen LogP) is 3.42. The molecule has 0 fully saturated rings. The molecule has 0 saturated heterocycles. The number of methoxy groups -OCH3 is 2. The van der Waals surface area contributed by atoms with E-state index in [0.717, 1.165) is 29.2 Å². The molecule has 0 unspecified atom stereocenters. The first kappa shape index (κ1) is 23.5. The number of amides is 1. The van der Waals surface area contributed by atoms with Crippen LogP contribution in [-0.2, 0) is 22.6 Å². The van der Waals surface area contributed by atoms with Gasteiger partial charge in [-0.25, -0.2) is 4.79 Å². The number of hydrogen-bond acceptors (Lipinski definition) is 6. The second kappa shape index (κ2) is 12.7. The molecule has 0 N–H and O–H groups in total. The summed E-state index contributed by atoms with van der Waals surface area (Å²) in [7, 11) is 7.21. The number of hydrogen-bond donors (Lipinski definition) is 0. The van der Waals surface area contributed by atoms with Crippen molar-refractivity contribution in [3.05, 3.63) is 59.7 Å². The third-order valence-corrected chi connectivity index (χ3v) is 4.41. The second-order valence-electron chi connectivity index (χ2n) is 7.09. The van der Waals surface area contributed by atoms with Crippen LogP contribution in [-0.4, -0.2) is 70.6 Å². The number of carbonyl (C=O) groups is 1. The van der Waals surface area contributed by atoms with Crippen LogP contribution in [0.3, 0.4) is 0 Å². The quantitative estimate of drug-likeness (QED) is 0.494. The van der Waals surface area contributed by atoms with Gasteiger partial charge in [-0.2, -0.15) is 0 Å². The highest BCUT2D eigenvalue weighted by molar-refractivity contribution is 5.67. The van der Waals surface area contributed by atoms with Crippen LogP contribution in [0.5, 0.6) is 11.5 Å². The largest absolute Gasteiger partial charge is 0.497 e. The van der Waals surface area contributed by atoms with Crippen LogP contribution >= 0.6 is 0 Å². The van der Waals surface area contributed by atoms with Crippen LogP contribution in [0.1, 0.15) is 11.1 Å². The van der Waals surface area contributed by atoms with E-state index in [2.05, 4.69) is 0 Å². The Morgan fingerprint density at radius 2 is 1.40 bits per heavy atom. The van der Waals surface area contributed by atoms with Crippen LogP contribution < -0.4 is 9.47 Å². The Kier molecular flexibility index (Phi) is 9.97. The Hall–Kier alpha value is -2.77. The van der Waals surface area contributed by atoms with E-state index in [0.29, 0.717) is 26.3 Å². The molecule has 0 radical (unpaired) electrons. The molecular formula is C23H32N2O5. The molecule has 7 nitrogen and oxygen atoms in total. The highest BCUT2D eigenvalue weighted by Crippen LogP contribution is 2.19. The molecule has 0 aliphatic rings. The Bertz CT molecular complexity index is 732. The Morgan fingerprint density at radius 1 is 0.833 bits per heavy atom. The van der Waals surface area contributed by atoms with E-state index in [9.17, 15) is 4.79 Å². The molecule has 0 saturated carbocycles. The van der Waals surface area contributed by atoms with Crippen molar-refractivity contribution in [2.45, 2.75) is 13.1 Å². The molecule has 164 valence electrons. The first-order chi connectivity index (χ1) is 14.5. The zero-order chi connectivity index (χ0) is 21.8. The molecule has 2 aromatic carbocycles. The predicted molar refractivity (Wildman–Crippen MR) is 116 cm³/mol. The Labute approximate surface area is 179 Å². The molecule has 0 aliphatic carbocycles. The molecule has 7 heteroatoms. The van der Waals surface area contributed by atoms with Crippen molar-refractivity contribution in [1.82, 2.24) is 9.80 Å². The van der Waals surface area contributed by atoms with Crippen LogP contribution in [0.2, 0.25) is 0 Å². The summed E-state index contributed by atoms with van der Waals surface area (Å²) in [6, 6.07) is 15.3. The zero-order valence-electron chi connectivity index (χ0n) is 18.3. The maximum atomic E-state index is 12.8. The lowest BCUT2D eigenvalue weighted by atomic mass is 10.1. The third kappa shape index (κ3) is 8.31. The summed E-state index contributed by atoms with van der Waals surface area (Å²) in [6.07, 6.45) is -0.392. The molecule has 30 heavy (non-hydrogen) atoms. The fraction of sp³-hybridized carbons (Fsp3) is 0.435. The van der Waals surface area contributed by atoms with Gasteiger partial charge in [-0.05, 0) is 49.5 Å². The van der Waals surface area contributed by atoms with Gasteiger partial charge in [0, 0.05) is 19.6 Å². The second-order valence-corrected chi connectivity index (χ2v) is 7.09. The van der Waals surface area contributed by atoms with Crippen LogP contribution in [0.15, 0.2) is 48.5 Å². The van der Waals surface area contributed by atoms with Crippen molar-refractivity contribution in [2.24, 2.45) is 0 Å². The molecule has 2 aromatic rings. The number of carbonyl (C=O) groups excluding carboxylic acids is 1. The maximum absolute atomic E-state index is 12.8. The minimum absolute atomic E-state index is 0.207. The van der Waals surface area contributed by atoms with Crippen molar-refractivity contribution in [3.8, 4) is 11.5 Å². The summed E-state index contributed by atoms with van der Waals surface area (Å²) in [5.74, 6) is 1.49. The first-order valence-corrected chi connectivity index (χ1v) is 9.92. The van der Waals surface area contributed by atoms with Crippen molar-refractivity contribution in [3.63, 3.8) is 0 Å². The highest BCUT2D eigenvalue weighted by atomic mass is 16.6. The maximum Gasteiger partial charge on any atom is 0.410 e. The summed E-state index contributed by atoms with van der Waals surface area (Å²) in [5.41, 5.74) is 1.91. The van der Waals surface area contributed by atoms with Gasteiger partial charge in [0.1, 0.15) is 18.1 Å². The molecule has 0 spiro atoms. The van der Waals surface area contributed by atoms with Crippen molar-refractivity contribution in [2.75, 3.05) is 54.7 Å². The summed E-state index contributed by atoms with van der Waals surface area (Å²) in [6.45, 7) is 2.79. The molecule has 1 amide bonds. The van der Waals surface area contributed by atoms with Gasteiger partial charge in [-0.1, -0.05) is 24.3 Å². The molecule has 0 atom stereocenters.